The van der Waals surface area contributed by atoms with Crippen LogP contribution in [-0.2, 0) is 0 Å². The highest BCUT2D eigenvalue weighted by Gasteiger charge is 2.15. The van der Waals surface area contributed by atoms with Crippen molar-refractivity contribution in [3.63, 3.8) is 0 Å². The predicted molar refractivity (Wildman–Crippen MR) is 91.4 cm³/mol. The Morgan fingerprint density at radius 1 is 1.09 bits per heavy atom. The fraction of sp³-hybridized carbons (Fsp3) is 0.111. The minimum absolute atomic E-state index is 0.134. The molecule has 3 nitrogen and oxygen atoms in total. The van der Waals surface area contributed by atoms with E-state index in [9.17, 15) is 4.79 Å². The lowest BCUT2D eigenvalue weighted by Crippen LogP contribution is -2.14. The molecular weight excluding hydrogens is 292 g/mol. The smallest absolute Gasteiger partial charge is 0.257 e. The minimum atomic E-state index is -0.134. The van der Waals surface area contributed by atoms with E-state index in [4.69, 9.17) is 0 Å². The van der Waals surface area contributed by atoms with Crippen LogP contribution in [0.2, 0.25) is 0 Å². The summed E-state index contributed by atoms with van der Waals surface area (Å²) in [5, 5.41) is 4.98. The largest absolute Gasteiger partial charge is 0.322 e. The van der Waals surface area contributed by atoms with E-state index in [1.165, 1.54) is 0 Å². The second kappa shape index (κ2) is 6.12. The molecule has 0 aliphatic carbocycles. The maximum atomic E-state index is 12.6. The van der Waals surface area contributed by atoms with E-state index >= 15 is 0 Å². The highest BCUT2D eigenvalue weighted by molar-refractivity contribution is 7.13. The van der Waals surface area contributed by atoms with Gasteiger partial charge in [0, 0.05) is 11.9 Å². The number of aryl methyl sites for hydroxylation is 1. The molecule has 4 heteroatoms. The average Bonchev–Trinajstić information content (AvgIpc) is 3.06. The quantitative estimate of drug-likeness (QED) is 0.763. The number of amides is 1. The van der Waals surface area contributed by atoms with E-state index in [0.717, 1.165) is 27.4 Å². The number of nitrogens with one attached hydrogen (secondary N) is 1. The zero-order valence-electron chi connectivity index (χ0n) is 12.5. The fourth-order valence-electron chi connectivity index (χ4n) is 2.27. The van der Waals surface area contributed by atoms with Crippen molar-refractivity contribution < 1.29 is 4.79 Å². The Morgan fingerprint density at radius 3 is 2.73 bits per heavy atom. The molecule has 0 aliphatic heterocycles. The Morgan fingerprint density at radius 2 is 1.95 bits per heavy atom. The first-order valence-corrected chi connectivity index (χ1v) is 7.91. The molecule has 2 aromatic heterocycles. The lowest BCUT2D eigenvalue weighted by atomic mass is 10.1. The topological polar surface area (TPSA) is 42.0 Å². The first kappa shape index (κ1) is 14.5. The third kappa shape index (κ3) is 2.78. The van der Waals surface area contributed by atoms with Gasteiger partial charge in [-0.05, 0) is 54.6 Å². The van der Waals surface area contributed by atoms with Crippen LogP contribution in [0.4, 0.5) is 5.69 Å². The molecule has 0 atom stereocenters. The normalized spacial score (nSPS) is 10.5. The summed E-state index contributed by atoms with van der Waals surface area (Å²) in [5.74, 6) is -0.134. The van der Waals surface area contributed by atoms with Gasteiger partial charge in [0.15, 0.2) is 0 Å². The van der Waals surface area contributed by atoms with Gasteiger partial charge in [0.1, 0.15) is 0 Å². The zero-order valence-corrected chi connectivity index (χ0v) is 13.3. The summed E-state index contributed by atoms with van der Waals surface area (Å²) in [7, 11) is 0. The van der Waals surface area contributed by atoms with Crippen LogP contribution < -0.4 is 5.32 Å². The number of rotatable bonds is 3. The summed E-state index contributed by atoms with van der Waals surface area (Å²) in [5.41, 5.74) is 4.39. The van der Waals surface area contributed by atoms with Gasteiger partial charge in [-0.1, -0.05) is 18.2 Å². The Labute approximate surface area is 133 Å². The molecule has 0 saturated heterocycles. The van der Waals surface area contributed by atoms with Crippen molar-refractivity contribution in [2.45, 2.75) is 13.8 Å². The first-order chi connectivity index (χ1) is 10.7. The lowest BCUT2D eigenvalue weighted by Gasteiger charge is -2.12. The average molecular weight is 308 g/mol. The van der Waals surface area contributed by atoms with Gasteiger partial charge in [-0.3, -0.25) is 9.78 Å². The van der Waals surface area contributed by atoms with Gasteiger partial charge in [-0.2, -0.15) is 0 Å². The van der Waals surface area contributed by atoms with E-state index < -0.39 is 0 Å². The fourth-order valence-corrected chi connectivity index (χ4v) is 3.01. The van der Waals surface area contributed by atoms with Gasteiger partial charge in [0.05, 0.1) is 16.1 Å². The Hall–Kier alpha value is -2.46. The van der Waals surface area contributed by atoms with E-state index in [-0.39, 0.29) is 5.91 Å². The summed E-state index contributed by atoms with van der Waals surface area (Å²) in [6.45, 7) is 4.04. The third-order valence-corrected chi connectivity index (χ3v) is 4.54. The zero-order chi connectivity index (χ0) is 15.5. The van der Waals surface area contributed by atoms with Crippen molar-refractivity contribution in [1.82, 2.24) is 4.98 Å². The number of thiophene rings is 1. The van der Waals surface area contributed by atoms with Crippen molar-refractivity contribution in [3.05, 3.63) is 70.7 Å². The number of anilines is 1. The second-order valence-electron chi connectivity index (χ2n) is 5.08. The molecule has 1 N–H and O–H groups in total. The van der Waals surface area contributed by atoms with Crippen LogP contribution >= 0.6 is 11.3 Å². The van der Waals surface area contributed by atoms with E-state index in [1.807, 2.05) is 55.6 Å². The highest BCUT2D eigenvalue weighted by Crippen LogP contribution is 2.27. The standard InChI is InChI=1S/C18H16N2OS/c1-12-6-3-8-15(13(12)2)20-18(21)14-7-4-10-19-17(14)16-9-5-11-22-16/h3-11H,1-2H3,(H,20,21). The summed E-state index contributed by atoms with van der Waals surface area (Å²) >= 11 is 1.58. The summed E-state index contributed by atoms with van der Waals surface area (Å²) in [6.07, 6.45) is 1.71. The van der Waals surface area contributed by atoms with Gasteiger partial charge < -0.3 is 5.32 Å². The number of carbonyl (C=O) groups is 1. The molecule has 1 aromatic carbocycles. The van der Waals surface area contributed by atoms with Crippen molar-refractivity contribution in [3.8, 4) is 10.6 Å². The minimum Gasteiger partial charge on any atom is -0.322 e. The summed E-state index contributed by atoms with van der Waals surface area (Å²) < 4.78 is 0. The third-order valence-electron chi connectivity index (χ3n) is 3.66. The second-order valence-corrected chi connectivity index (χ2v) is 6.03. The lowest BCUT2D eigenvalue weighted by molar-refractivity contribution is 0.102. The van der Waals surface area contributed by atoms with Gasteiger partial charge in [-0.15, -0.1) is 11.3 Å². The first-order valence-electron chi connectivity index (χ1n) is 7.03. The molecule has 2 heterocycles. The maximum absolute atomic E-state index is 12.6. The van der Waals surface area contributed by atoms with Gasteiger partial charge in [0.25, 0.3) is 5.91 Å². The molecule has 1 amide bonds. The number of aromatic nitrogens is 1. The molecule has 0 bridgehead atoms. The van der Waals surface area contributed by atoms with Crippen molar-refractivity contribution in [1.29, 1.82) is 0 Å². The molecular formula is C18H16N2OS. The molecule has 22 heavy (non-hydrogen) atoms. The van der Waals surface area contributed by atoms with Gasteiger partial charge >= 0.3 is 0 Å². The number of pyridine rings is 1. The molecule has 0 radical (unpaired) electrons. The molecule has 3 rings (SSSR count). The van der Waals surface area contributed by atoms with E-state index in [2.05, 4.69) is 10.3 Å². The SMILES string of the molecule is Cc1cccc(NC(=O)c2cccnc2-c2cccs2)c1C. The van der Waals surface area contributed by atoms with E-state index in [1.54, 1.807) is 23.6 Å². The van der Waals surface area contributed by atoms with Crippen LogP contribution in [0.15, 0.2) is 54.0 Å². The summed E-state index contributed by atoms with van der Waals surface area (Å²) in [6, 6.07) is 13.4. The number of hydrogen-bond acceptors (Lipinski definition) is 3. The van der Waals surface area contributed by atoms with Crippen LogP contribution in [0, 0.1) is 13.8 Å². The van der Waals surface area contributed by atoms with Gasteiger partial charge in [0.2, 0.25) is 0 Å². The molecule has 110 valence electrons. The Bertz CT molecular complexity index is 810. The predicted octanol–water partition coefficient (Wildman–Crippen LogP) is 4.68. The van der Waals surface area contributed by atoms with Crippen molar-refractivity contribution in [2.24, 2.45) is 0 Å². The Balaban J connectivity index is 1.95. The number of hydrogen-bond donors (Lipinski definition) is 1. The van der Waals surface area contributed by atoms with Gasteiger partial charge in [-0.25, -0.2) is 0 Å². The van der Waals surface area contributed by atoms with Crippen molar-refractivity contribution in [2.75, 3.05) is 5.32 Å². The van der Waals surface area contributed by atoms with Crippen LogP contribution in [-0.4, -0.2) is 10.9 Å². The molecule has 0 spiro atoms. The summed E-state index contributed by atoms with van der Waals surface area (Å²) in [4.78, 5) is 18.0. The molecule has 3 aromatic rings. The molecule has 0 fully saturated rings. The monoisotopic (exact) mass is 308 g/mol. The molecule has 0 unspecified atom stereocenters. The molecule has 0 saturated carbocycles. The van der Waals surface area contributed by atoms with Crippen LogP contribution in [0.3, 0.4) is 0 Å². The van der Waals surface area contributed by atoms with E-state index in [0.29, 0.717) is 5.56 Å². The Kier molecular flexibility index (Phi) is 4.02. The van der Waals surface area contributed by atoms with Crippen LogP contribution in [0.1, 0.15) is 21.5 Å². The van der Waals surface area contributed by atoms with Crippen molar-refractivity contribution >= 4 is 22.9 Å². The highest BCUT2D eigenvalue weighted by atomic mass is 32.1. The number of benzene rings is 1. The number of carbonyl (C=O) groups excluding carboxylic acids is 1. The molecule has 0 aliphatic rings. The van der Waals surface area contributed by atoms with Crippen LogP contribution in [0.5, 0.6) is 0 Å². The number of nitrogens with zero attached hydrogens (tertiary/aromatic N) is 1. The maximum Gasteiger partial charge on any atom is 0.257 e. The van der Waals surface area contributed by atoms with Crippen LogP contribution in [0.25, 0.3) is 10.6 Å².